The summed E-state index contributed by atoms with van der Waals surface area (Å²) in [6.45, 7) is 4.39. The molecule has 5 heteroatoms. The van der Waals surface area contributed by atoms with Crippen molar-refractivity contribution in [1.29, 1.82) is 0 Å². The predicted octanol–water partition coefficient (Wildman–Crippen LogP) is 4.21. The van der Waals surface area contributed by atoms with Crippen LogP contribution in [-0.4, -0.2) is 29.7 Å². The number of amides is 2. The summed E-state index contributed by atoms with van der Waals surface area (Å²) in [5.74, 6) is 0.102. The topological polar surface area (TPSA) is 52.6 Å². The van der Waals surface area contributed by atoms with Gasteiger partial charge in [0.2, 0.25) is 0 Å². The highest BCUT2D eigenvalue weighted by molar-refractivity contribution is 5.74. The number of rotatable bonds is 7. The second kappa shape index (κ2) is 9.34. The fourth-order valence-corrected chi connectivity index (χ4v) is 2.78. The maximum Gasteiger partial charge on any atom is 0.317 e. The van der Waals surface area contributed by atoms with Crippen molar-refractivity contribution in [2.45, 2.75) is 38.8 Å². The Balaban J connectivity index is 2.06. The zero-order valence-corrected chi connectivity index (χ0v) is 15.6. The number of halogens is 1. The third-order valence-corrected chi connectivity index (χ3v) is 4.43. The lowest BCUT2D eigenvalue weighted by Crippen LogP contribution is -2.39. The molecule has 0 fully saturated rings. The van der Waals surface area contributed by atoms with Gasteiger partial charge < -0.3 is 15.3 Å². The van der Waals surface area contributed by atoms with E-state index in [4.69, 9.17) is 0 Å². The van der Waals surface area contributed by atoms with E-state index in [0.717, 1.165) is 5.56 Å². The molecule has 4 nitrogen and oxygen atoms in total. The highest BCUT2D eigenvalue weighted by atomic mass is 19.1. The van der Waals surface area contributed by atoms with E-state index in [1.807, 2.05) is 24.3 Å². The van der Waals surface area contributed by atoms with Crippen molar-refractivity contribution in [1.82, 2.24) is 10.2 Å². The molecule has 2 aromatic rings. The Morgan fingerprint density at radius 2 is 1.73 bits per heavy atom. The van der Waals surface area contributed by atoms with E-state index in [-0.39, 0.29) is 31.0 Å². The quantitative estimate of drug-likeness (QED) is 0.779. The van der Waals surface area contributed by atoms with E-state index >= 15 is 0 Å². The fraction of sp³-hybridized carbons (Fsp3) is 0.381. The predicted molar refractivity (Wildman–Crippen MR) is 101 cm³/mol. The number of carbonyl (C=O) groups is 1. The minimum absolute atomic E-state index is 0.0338. The summed E-state index contributed by atoms with van der Waals surface area (Å²) in [5.41, 5.74) is 2.63. The molecule has 0 saturated heterocycles. The molecule has 1 atom stereocenters. The molecule has 0 bridgehead atoms. The fourth-order valence-electron chi connectivity index (χ4n) is 2.78. The normalized spacial score (nSPS) is 12.1. The molecule has 140 valence electrons. The van der Waals surface area contributed by atoms with Gasteiger partial charge in [-0.2, -0.15) is 0 Å². The number of aliphatic hydroxyl groups excluding tert-OH is 1. The zero-order chi connectivity index (χ0) is 19.1. The summed E-state index contributed by atoms with van der Waals surface area (Å²) >= 11 is 0. The van der Waals surface area contributed by atoms with E-state index in [0.29, 0.717) is 17.9 Å². The maximum atomic E-state index is 13.8. The van der Waals surface area contributed by atoms with Crippen LogP contribution in [0.25, 0.3) is 0 Å². The number of benzene rings is 2. The Morgan fingerprint density at radius 3 is 2.31 bits per heavy atom. The summed E-state index contributed by atoms with van der Waals surface area (Å²) in [6, 6.07) is 13.8. The molecule has 0 saturated carbocycles. The van der Waals surface area contributed by atoms with Gasteiger partial charge in [-0.25, -0.2) is 9.18 Å². The molecule has 0 heterocycles. The van der Waals surface area contributed by atoms with Crippen LogP contribution in [0.2, 0.25) is 0 Å². The van der Waals surface area contributed by atoms with Gasteiger partial charge in [-0.1, -0.05) is 56.3 Å². The molecule has 2 rings (SSSR count). The van der Waals surface area contributed by atoms with Gasteiger partial charge in [0.15, 0.2) is 0 Å². The summed E-state index contributed by atoms with van der Waals surface area (Å²) in [5, 5.41) is 12.3. The van der Waals surface area contributed by atoms with Gasteiger partial charge in [0, 0.05) is 25.8 Å². The largest absolute Gasteiger partial charge is 0.396 e. The van der Waals surface area contributed by atoms with Crippen LogP contribution in [0.15, 0.2) is 48.5 Å². The van der Waals surface area contributed by atoms with E-state index < -0.39 is 0 Å². The summed E-state index contributed by atoms with van der Waals surface area (Å²) in [7, 11) is 1.62. The van der Waals surface area contributed by atoms with Crippen LogP contribution in [-0.2, 0) is 6.54 Å². The molecule has 0 radical (unpaired) electrons. The molecule has 0 aliphatic rings. The van der Waals surface area contributed by atoms with Crippen molar-refractivity contribution in [3.63, 3.8) is 0 Å². The van der Waals surface area contributed by atoms with E-state index in [1.54, 1.807) is 25.2 Å². The molecule has 0 aromatic heterocycles. The second-order valence-electron chi connectivity index (χ2n) is 6.78. The standard InChI is InChI=1S/C21H27FN2O2/c1-15(2)16-8-10-17(11-9-16)20(12-13-25)23-21(26)24(3)14-18-6-4-5-7-19(18)22/h4-11,15,20,25H,12-14H2,1-3H3,(H,23,26). The number of urea groups is 1. The molecule has 2 N–H and O–H groups in total. The second-order valence-corrected chi connectivity index (χ2v) is 6.78. The first kappa shape index (κ1) is 19.9. The number of nitrogens with one attached hydrogen (secondary N) is 1. The van der Waals surface area contributed by atoms with Crippen LogP contribution in [0.3, 0.4) is 0 Å². The van der Waals surface area contributed by atoms with Crippen LogP contribution < -0.4 is 5.32 Å². The van der Waals surface area contributed by atoms with Gasteiger partial charge in [0.1, 0.15) is 5.82 Å². The average molecular weight is 358 g/mol. The summed E-state index contributed by atoms with van der Waals surface area (Å²) in [6.07, 6.45) is 0.417. The third kappa shape index (κ3) is 5.30. The molecule has 0 spiro atoms. The van der Waals surface area contributed by atoms with Crippen LogP contribution in [0, 0.1) is 5.82 Å². The van der Waals surface area contributed by atoms with E-state index in [9.17, 15) is 14.3 Å². The lowest BCUT2D eigenvalue weighted by atomic mass is 9.98. The van der Waals surface area contributed by atoms with Crippen LogP contribution >= 0.6 is 0 Å². The lowest BCUT2D eigenvalue weighted by molar-refractivity contribution is 0.197. The van der Waals surface area contributed by atoms with E-state index in [1.165, 1.54) is 16.5 Å². The molecule has 0 aliphatic heterocycles. The van der Waals surface area contributed by atoms with Crippen LogP contribution in [0.4, 0.5) is 9.18 Å². The monoisotopic (exact) mass is 358 g/mol. The van der Waals surface area contributed by atoms with Gasteiger partial charge in [-0.05, 0) is 29.5 Å². The summed E-state index contributed by atoms with van der Waals surface area (Å²) < 4.78 is 13.8. The van der Waals surface area contributed by atoms with Crippen molar-refractivity contribution in [2.24, 2.45) is 0 Å². The highest BCUT2D eigenvalue weighted by Gasteiger charge is 2.18. The Hall–Kier alpha value is -2.40. The van der Waals surface area contributed by atoms with Crippen LogP contribution in [0.1, 0.15) is 48.9 Å². The minimum Gasteiger partial charge on any atom is -0.396 e. The van der Waals surface area contributed by atoms with Gasteiger partial charge in [-0.15, -0.1) is 0 Å². The van der Waals surface area contributed by atoms with Gasteiger partial charge in [-0.3, -0.25) is 0 Å². The number of nitrogens with zero attached hydrogens (tertiary/aromatic N) is 1. The Kier molecular flexibility index (Phi) is 7.16. The highest BCUT2D eigenvalue weighted by Crippen LogP contribution is 2.21. The van der Waals surface area contributed by atoms with Crippen molar-refractivity contribution < 1.29 is 14.3 Å². The number of hydrogen-bond acceptors (Lipinski definition) is 2. The van der Waals surface area contributed by atoms with Crippen molar-refractivity contribution in [3.05, 3.63) is 71.0 Å². The van der Waals surface area contributed by atoms with Crippen LogP contribution in [0.5, 0.6) is 0 Å². The Labute approximate surface area is 154 Å². The number of carbonyl (C=O) groups excluding carboxylic acids is 1. The molecule has 2 aromatic carbocycles. The number of aliphatic hydroxyl groups is 1. The molecular formula is C21H27FN2O2. The van der Waals surface area contributed by atoms with Crippen molar-refractivity contribution in [3.8, 4) is 0 Å². The van der Waals surface area contributed by atoms with Crippen molar-refractivity contribution >= 4 is 6.03 Å². The zero-order valence-electron chi connectivity index (χ0n) is 15.6. The first-order valence-corrected chi connectivity index (χ1v) is 8.88. The molecule has 2 amide bonds. The Bertz CT molecular complexity index is 716. The SMILES string of the molecule is CC(C)c1ccc(C(CCO)NC(=O)N(C)Cc2ccccc2F)cc1. The lowest BCUT2D eigenvalue weighted by Gasteiger charge is -2.24. The smallest absolute Gasteiger partial charge is 0.317 e. The molecular weight excluding hydrogens is 331 g/mol. The first-order valence-electron chi connectivity index (χ1n) is 8.88. The minimum atomic E-state index is -0.330. The van der Waals surface area contributed by atoms with Gasteiger partial charge in [0.05, 0.1) is 6.04 Å². The molecule has 26 heavy (non-hydrogen) atoms. The van der Waals surface area contributed by atoms with Gasteiger partial charge >= 0.3 is 6.03 Å². The molecule has 1 unspecified atom stereocenters. The van der Waals surface area contributed by atoms with Gasteiger partial charge in [0.25, 0.3) is 0 Å². The Morgan fingerprint density at radius 1 is 1.12 bits per heavy atom. The number of hydrogen-bond donors (Lipinski definition) is 2. The third-order valence-electron chi connectivity index (χ3n) is 4.43. The molecule has 0 aliphatic carbocycles. The summed E-state index contributed by atoms with van der Waals surface area (Å²) in [4.78, 5) is 13.9. The van der Waals surface area contributed by atoms with E-state index in [2.05, 4.69) is 19.2 Å². The maximum absolute atomic E-state index is 13.8. The average Bonchev–Trinajstić information content (AvgIpc) is 2.63. The first-order chi connectivity index (χ1) is 12.4. The van der Waals surface area contributed by atoms with Crippen molar-refractivity contribution in [2.75, 3.05) is 13.7 Å².